The summed E-state index contributed by atoms with van der Waals surface area (Å²) in [5, 5.41) is 27.0. The zero-order valence-corrected chi connectivity index (χ0v) is 15.9. The van der Waals surface area contributed by atoms with Crippen molar-refractivity contribution in [3.05, 3.63) is 42.0 Å². The Morgan fingerprint density at radius 1 is 1.18 bits per heavy atom. The van der Waals surface area contributed by atoms with Crippen molar-refractivity contribution in [1.29, 1.82) is 0 Å². The highest BCUT2D eigenvalue weighted by atomic mass is 16.5. The molecule has 0 bridgehead atoms. The number of methoxy groups -OCH3 is 1. The molecule has 0 fully saturated rings. The highest BCUT2D eigenvalue weighted by Gasteiger charge is 2.23. The molecular weight excluding hydrogens is 360 g/mol. The molecule has 0 aliphatic heterocycles. The lowest BCUT2D eigenvalue weighted by Crippen LogP contribution is -2.10. The third kappa shape index (κ3) is 3.78. The van der Waals surface area contributed by atoms with Gasteiger partial charge < -0.3 is 19.5 Å². The van der Waals surface area contributed by atoms with Gasteiger partial charge in [-0.15, -0.1) is 0 Å². The topological polar surface area (TPSA) is 105 Å². The van der Waals surface area contributed by atoms with Crippen molar-refractivity contribution in [1.82, 2.24) is 5.16 Å². The zero-order chi connectivity index (χ0) is 20.3. The number of aromatic hydroxyl groups is 2. The van der Waals surface area contributed by atoms with Crippen LogP contribution in [0.3, 0.4) is 0 Å². The van der Waals surface area contributed by atoms with Crippen molar-refractivity contribution in [3.63, 3.8) is 0 Å². The number of carbonyl (C=O) groups excluding carboxylic acids is 1. The maximum absolute atomic E-state index is 12.1. The molecule has 0 aliphatic carbocycles. The number of benzene rings is 2. The number of phenols is 2. The fourth-order valence-electron chi connectivity index (χ4n) is 2.88. The second-order valence-corrected chi connectivity index (χ2v) is 6.42. The molecule has 28 heavy (non-hydrogen) atoms. The van der Waals surface area contributed by atoms with Gasteiger partial charge in [0.1, 0.15) is 22.9 Å². The van der Waals surface area contributed by atoms with Crippen molar-refractivity contribution in [2.45, 2.75) is 26.7 Å². The number of anilines is 1. The van der Waals surface area contributed by atoms with Crippen LogP contribution in [0.2, 0.25) is 0 Å². The van der Waals surface area contributed by atoms with Gasteiger partial charge in [-0.1, -0.05) is 24.2 Å². The lowest BCUT2D eigenvalue weighted by atomic mass is 9.98. The largest absolute Gasteiger partial charge is 0.508 e. The summed E-state index contributed by atoms with van der Waals surface area (Å²) in [5.74, 6) is 0.529. The van der Waals surface area contributed by atoms with E-state index in [1.54, 1.807) is 32.2 Å². The minimum absolute atomic E-state index is 0.0211. The predicted molar refractivity (Wildman–Crippen MR) is 106 cm³/mol. The molecule has 2 aromatic carbocycles. The van der Waals surface area contributed by atoms with E-state index in [1.165, 1.54) is 6.07 Å². The molecule has 0 radical (unpaired) electrons. The van der Waals surface area contributed by atoms with Gasteiger partial charge in [-0.2, -0.15) is 0 Å². The Balaban J connectivity index is 2.16. The minimum atomic E-state index is -0.189. The summed E-state index contributed by atoms with van der Waals surface area (Å²) in [6.07, 6.45) is 1.05. The Morgan fingerprint density at radius 3 is 2.54 bits per heavy atom. The van der Waals surface area contributed by atoms with Gasteiger partial charge in [-0.25, -0.2) is 0 Å². The molecule has 7 nitrogen and oxygen atoms in total. The van der Waals surface area contributed by atoms with E-state index in [-0.39, 0.29) is 23.3 Å². The summed E-state index contributed by atoms with van der Waals surface area (Å²) in [5.41, 5.74) is 2.59. The molecule has 3 aromatic rings. The van der Waals surface area contributed by atoms with Crippen molar-refractivity contribution in [2.75, 3.05) is 12.4 Å². The van der Waals surface area contributed by atoms with Crippen molar-refractivity contribution in [2.24, 2.45) is 0 Å². The van der Waals surface area contributed by atoms with Gasteiger partial charge >= 0.3 is 0 Å². The number of phenolic OH excluding ortho intramolecular Hbond substituents is 2. The quantitative estimate of drug-likeness (QED) is 0.581. The third-order valence-corrected chi connectivity index (χ3v) is 4.37. The monoisotopic (exact) mass is 382 g/mol. The highest BCUT2D eigenvalue weighted by Crippen LogP contribution is 2.43. The van der Waals surface area contributed by atoms with Crippen LogP contribution in [0.25, 0.3) is 22.4 Å². The van der Waals surface area contributed by atoms with Gasteiger partial charge in [0.15, 0.2) is 0 Å². The van der Waals surface area contributed by atoms with Crippen LogP contribution in [0, 0.1) is 6.92 Å². The average molecular weight is 382 g/mol. The molecule has 1 heterocycles. The second-order valence-electron chi connectivity index (χ2n) is 6.42. The first-order chi connectivity index (χ1) is 13.4. The van der Waals surface area contributed by atoms with E-state index in [1.807, 2.05) is 19.1 Å². The van der Waals surface area contributed by atoms with E-state index >= 15 is 0 Å². The number of hydrogen-bond acceptors (Lipinski definition) is 6. The smallest absolute Gasteiger partial charge is 0.239 e. The van der Waals surface area contributed by atoms with E-state index in [9.17, 15) is 15.0 Å². The third-order valence-electron chi connectivity index (χ3n) is 4.37. The number of ether oxygens (including phenoxy) is 1. The Hall–Kier alpha value is -3.48. The molecular formula is C21H22N2O5. The van der Waals surface area contributed by atoms with Crippen LogP contribution < -0.4 is 10.1 Å². The van der Waals surface area contributed by atoms with E-state index in [0.29, 0.717) is 41.0 Å². The SMILES string of the molecule is CCCC(=O)Nc1onc(-c2cc(C)c(O)cc2O)c1-c1ccc(OC)cc1. The first-order valence-corrected chi connectivity index (χ1v) is 8.91. The van der Waals surface area contributed by atoms with Crippen molar-refractivity contribution in [3.8, 4) is 39.6 Å². The molecule has 3 rings (SSSR count). The molecule has 0 atom stereocenters. The van der Waals surface area contributed by atoms with Gasteiger partial charge in [0, 0.05) is 18.1 Å². The molecule has 0 unspecified atom stereocenters. The van der Waals surface area contributed by atoms with Gasteiger partial charge in [-0.05, 0) is 42.7 Å². The number of rotatable bonds is 6. The van der Waals surface area contributed by atoms with Crippen LogP contribution in [0.5, 0.6) is 17.2 Å². The van der Waals surface area contributed by atoms with E-state index in [2.05, 4.69) is 10.5 Å². The number of amides is 1. The summed E-state index contributed by atoms with van der Waals surface area (Å²) in [4.78, 5) is 12.1. The molecule has 0 saturated heterocycles. The number of hydrogen-bond donors (Lipinski definition) is 3. The van der Waals surface area contributed by atoms with Gasteiger partial charge in [0.05, 0.1) is 12.7 Å². The first kappa shape index (κ1) is 19.3. The molecule has 7 heteroatoms. The van der Waals surface area contributed by atoms with Crippen molar-refractivity contribution >= 4 is 11.8 Å². The zero-order valence-electron chi connectivity index (χ0n) is 15.9. The maximum atomic E-state index is 12.1. The molecule has 1 aromatic heterocycles. The standard InChI is InChI=1S/C21H22N2O5/c1-4-5-18(26)22-21-19(13-6-8-14(27-3)9-7-13)20(23-28-21)15-10-12(2)16(24)11-17(15)25/h6-11,24-25H,4-5H2,1-3H3,(H,22,26). The highest BCUT2D eigenvalue weighted by molar-refractivity contribution is 5.97. The fourth-order valence-corrected chi connectivity index (χ4v) is 2.88. The summed E-state index contributed by atoms with van der Waals surface area (Å²) in [6, 6.07) is 10.1. The number of nitrogens with one attached hydrogen (secondary N) is 1. The Bertz CT molecular complexity index is 993. The average Bonchev–Trinajstić information content (AvgIpc) is 3.08. The van der Waals surface area contributed by atoms with Gasteiger partial charge in [0.2, 0.25) is 11.8 Å². The fraction of sp³-hybridized carbons (Fsp3) is 0.238. The number of nitrogens with zero attached hydrogens (tertiary/aromatic N) is 1. The van der Waals surface area contributed by atoms with Crippen LogP contribution in [-0.2, 0) is 4.79 Å². The Kier molecular flexibility index (Phi) is 5.54. The summed E-state index contributed by atoms with van der Waals surface area (Å²) in [6.45, 7) is 3.63. The number of aryl methyl sites for hydroxylation is 1. The van der Waals surface area contributed by atoms with Crippen LogP contribution in [-0.4, -0.2) is 28.4 Å². The molecule has 146 valence electrons. The second kappa shape index (κ2) is 8.04. The van der Waals surface area contributed by atoms with Crippen molar-refractivity contribution < 1.29 is 24.3 Å². The van der Waals surface area contributed by atoms with Crippen LogP contribution in [0.1, 0.15) is 25.3 Å². The predicted octanol–water partition coefficient (Wildman–Crippen LogP) is 4.48. The molecule has 0 spiro atoms. The molecule has 1 amide bonds. The lowest BCUT2D eigenvalue weighted by Gasteiger charge is -2.09. The minimum Gasteiger partial charge on any atom is -0.508 e. The Morgan fingerprint density at radius 2 is 1.89 bits per heavy atom. The first-order valence-electron chi connectivity index (χ1n) is 8.91. The molecule has 0 saturated carbocycles. The summed E-state index contributed by atoms with van der Waals surface area (Å²) >= 11 is 0. The summed E-state index contributed by atoms with van der Waals surface area (Å²) < 4.78 is 10.6. The summed E-state index contributed by atoms with van der Waals surface area (Å²) in [7, 11) is 1.58. The lowest BCUT2D eigenvalue weighted by molar-refractivity contribution is -0.116. The van der Waals surface area contributed by atoms with Crippen LogP contribution >= 0.6 is 0 Å². The Labute approximate surface area is 162 Å². The van der Waals surface area contributed by atoms with E-state index < -0.39 is 0 Å². The van der Waals surface area contributed by atoms with E-state index in [0.717, 1.165) is 5.56 Å². The molecule has 3 N–H and O–H groups in total. The van der Waals surface area contributed by atoms with Gasteiger partial charge in [0.25, 0.3) is 0 Å². The maximum Gasteiger partial charge on any atom is 0.239 e. The normalized spacial score (nSPS) is 10.7. The van der Waals surface area contributed by atoms with E-state index in [4.69, 9.17) is 9.26 Å². The van der Waals surface area contributed by atoms with Crippen LogP contribution in [0.15, 0.2) is 40.9 Å². The van der Waals surface area contributed by atoms with Crippen LogP contribution in [0.4, 0.5) is 5.88 Å². The van der Waals surface area contributed by atoms with Gasteiger partial charge in [-0.3, -0.25) is 10.1 Å². The number of aromatic nitrogens is 1. The molecule has 0 aliphatic rings. The number of carbonyl (C=O) groups is 1.